The van der Waals surface area contributed by atoms with Gasteiger partial charge in [-0.05, 0) is 43.4 Å². The molecule has 1 aromatic carbocycles. The predicted molar refractivity (Wildman–Crippen MR) is 69.6 cm³/mol. The van der Waals surface area contributed by atoms with E-state index in [0.717, 1.165) is 31.2 Å². The number of benzene rings is 1. The number of aryl methyl sites for hydroxylation is 1. The molecule has 0 spiro atoms. The number of hydrogen-bond donors (Lipinski definition) is 1. The number of nitrogen functional groups attached to an aromatic ring is 1. The van der Waals surface area contributed by atoms with Crippen molar-refractivity contribution in [2.45, 2.75) is 37.5 Å². The molecule has 1 aliphatic rings. The predicted octanol–water partition coefficient (Wildman–Crippen LogP) is 2.54. The van der Waals surface area contributed by atoms with E-state index in [1.54, 1.807) is 18.2 Å². The first-order valence-corrected chi connectivity index (χ1v) is 7.73. The third kappa shape index (κ3) is 2.80. The Morgan fingerprint density at radius 3 is 2.53 bits per heavy atom. The quantitative estimate of drug-likeness (QED) is 0.842. The molecule has 17 heavy (non-hydrogen) atoms. The fraction of sp³-hybridized carbons (Fsp3) is 0.538. The Labute approximate surface area is 103 Å². The van der Waals surface area contributed by atoms with Gasteiger partial charge in [0.1, 0.15) is 0 Å². The average molecular weight is 253 g/mol. The zero-order valence-corrected chi connectivity index (χ0v) is 11.0. The minimum absolute atomic E-state index is 0.250. The van der Waals surface area contributed by atoms with Crippen LogP contribution in [-0.4, -0.2) is 14.2 Å². The van der Waals surface area contributed by atoms with E-state index in [-0.39, 0.29) is 5.75 Å². The summed E-state index contributed by atoms with van der Waals surface area (Å²) in [6.45, 7) is 1.91. The maximum Gasteiger partial charge on any atom is 0.180 e. The Bertz CT molecular complexity index is 502. The zero-order valence-electron chi connectivity index (χ0n) is 10.1. The number of rotatable bonds is 3. The van der Waals surface area contributed by atoms with E-state index in [1.165, 1.54) is 0 Å². The van der Waals surface area contributed by atoms with Gasteiger partial charge in [0.15, 0.2) is 9.84 Å². The Kier molecular flexibility index (Phi) is 3.43. The van der Waals surface area contributed by atoms with Gasteiger partial charge in [0.2, 0.25) is 0 Å². The summed E-state index contributed by atoms with van der Waals surface area (Å²) in [6, 6.07) is 5.16. The second kappa shape index (κ2) is 4.69. The van der Waals surface area contributed by atoms with E-state index in [4.69, 9.17) is 5.73 Å². The van der Waals surface area contributed by atoms with E-state index in [0.29, 0.717) is 16.5 Å². The van der Waals surface area contributed by atoms with Crippen LogP contribution < -0.4 is 5.73 Å². The van der Waals surface area contributed by atoms with Crippen LogP contribution >= 0.6 is 0 Å². The molecular weight excluding hydrogens is 234 g/mol. The van der Waals surface area contributed by atoms with Crippen molar-refractivity contribution in [1.29, 1.82) is 0 Å². The monoisotopic (exact) mass is 253 g/mol. The molecule has 0 radical (unpaired) electrons. The first-order valence-electron chi connectivity index (χ1n) is 6.08. The molecule has 4 heteroatoms. The summed E-state index contributed by atoms with van der Waals surface area (Å²) in [5.74, 6) is 0.570. The second-order valence-electron chi connectivity index (χ2n) is 4.97. The average Bonchev–Trinajstić information content (AvgIpc) is 2.68. The number of nitrogens with two attached hydrogens (primary N) is 1. The molecule has 0 saturated heterocycles. The van der Waals surface area contributed by atoms with E-state index >= 15 is 0 Å². The molecule has 94 valence electrons. The van der Waals surface area contributed by atoms with Crippen molar-refractivity contribution in [2.24, 2.45) is 5.92 Å². The van der Waals surface area contributed by atoms with Crippen molar-refractivity contribution < 1.29 is 8.42 Å². The molecule has 0 aromatic heterocycles. The van der Waals surface area contributed by atoms with Gasteiger partial charge in [-0.1, -0.05) is 18.9 Å². The molecule has 0 aliphatic heterocycles. The summed E-state index contributed by atoms with van der Waals surface area (Å²) >= 11 is 0. The standard InChI is InChI=1S/C13H19NO2S/c1-10-6-7-13(12(14)8-10)17(15,16)9-11-4-2-3-5-11/h6-8,11H,2-5,9,14H2,1H3. The molecule has 0 unspecified atom stereocenters. The van der Waals surface area contributed by atoms with Crippen molar-refractivity contribution in [3.63, 3.8) is 0 Å². The number of sulfone groups is 1. The molecule has 0 amide bonds. The van der Waals surface area contributed by atoms with Crippen LogP contribution in [0.4, 0.5) is 5.69 Å². The van der Waals surface area contributed by atoms with Gasteiger partial charge in [-0.2, -0.15) is 0 Å². The first kappa shape index (κ1) is 12.4. The molecule has 0 atom stereocenters. The Balaban J connectivity index is 2.24. The largest absolute Gasteiger partial charge is 0.398 e. The van der Waals surface area contributed by atoms with Gasteiger partial charge in [-0.25, -0.2) is 8.42 Å². The minimum Gasteiger partial charge on any atom is -0.398 e. The van der Waals surface area contributed by atoms with Crippen LogP contribution in [0.15, 0.2) is 23.1 Å². The molecule has 0 bridgehead atoms. The van der Waals surface area contributed by atoms with Crippen LogP contribution in [0.3, 0.4) is 0 Å². The third-order valence-electron chi connectivity index (χ3n) is 3.43. The molecule has 1 saturated carbocycles. The maximum absolute atomic E-state index is 12.2. The Morgan fingerprint density at radius 2 is 1.94 bits per heavy atom. The normalized spacial score (nSPS) is 17.5. The van der Waals surface area contributed by atoms with Gasteiger partial charge in [0.25, 0.3) is 0 Å². The topological polar surface area (TPSA) is 60.2 Å². The first-order chi connectivity index (χ1) is 7.99. The number of hydrogen-bond acceptors (Lipinski definition) is 3. The van der Waals surface area contributed by atoms with Crippen molar-refractivity contribution in [3.8, 4) is 0 Å². The highest BCUT2D eigenvalue weighted by molar-refractivity contribution is 7.91. The summed E-state index contributed by atoms with van der Waals surface area (Å²) in [5, 5.41) is 0. The van der Waals surface area contributed by atoms with Gasteiger partial charge < -0.3 is 5.73 Å². The number of anilines is 1. The highest BCUT2D eigenvalue weighted by atomic mass is 32.2. The van der Waals surface area contributed by atoms with Gasteiger partial charge in [-0.15, -0.1) is 0 Å². The lowest BCUT2D eigenvalue weighted by Gasteiger charge is -2.12. The van der Waals surface area contributed by atoms with Crippen molar-refractivity contribution >= 4 is 15.5 Å². The summed E-state index contributed by atoms with van der Waals surface area (Å²) in [5.41, 5.74) is 7.17. The fourth-order valence-electron chi connectivity index (χ4n) is 2.53. The molecule has 1 fully saturated rings. The van der Waals surface area contributed by atoms with E-state index in [9.17, 15) is 8.42 Å². The van der Waals surface area contributed by atoms with Crippen LogP contribution in [0, 0.1) is 12.8 Å². The lowest BCUT2D eigenvalue weighted by molar-refractivity contribution is 0.559. The summed E-state index contributed by atoms with van der Waals surface area (Å²) in [6.07, 6.45) is 4.38. The SMILES string of the molecule is Cc1ccc(S(=O)(=O)CC2CCCC2)c(N)c1. The Hall–Kier alpha value is -1.03. The van der Waals surface area contributed by atoms with Crippen molar-refractivity contribution in [3.05, 3.63) is 23.8 Å². The van der Waals surface area contributed by atoms with Gasteiger partial charge >= 0.3 is 0 Å². The van der Waals surface area contributed by atoms with Gasteiger partial charge in [0, 0.05) is 0 Å². The minimum atomic E-state index is -3.22. The van der Waals surface area contributed by atoms with Crippen LogP contribution in [0.5, 0.6) is 0 Å². The zero-order chi connectivity index (χ0) is 12.5. The fourth-order valence-corrected chi connectivity index (χ4v) is 4.36. The molecule has 2 rings (SSSR count). The van der Waals surface area contributed by atoms with Crippen LogP contribution in [0.2, 0.25) is 0 Å². The van der Waals surface area contributed by atoms with E-state index in [2.05, 4.69) is 0 Å². The second-order valence-corrected chi connectivity index (χ2v) is 6.98. The van der Waals surface area contributed by atoms with Crippen LogP contribution in [-0.2, 0) is 9.84 Å². The van der Waals surface area contributed by atoms with Crippen molar-refractivity contribution in [1.82, 2.24) is 0 Å². The summed E-state index contributed by atoms with van der Waals surface area (Å²) in [7, 11) is -3.22. The summed E-state index contributed by atoms with van der Waals surface area (Å²) < 4.78 is 24.5. The lowest BCUT2D eigenvalue weighted by Crippen LogP contribution is -2.15. The van der Waals surface area contributed by atoms with E-state index < -0.39 is 9.84 Å². The molecule has 1 aromatic rings. The molecule has 1 aliphatic carbocycles. The highest BCUT2D eigenvalue weighted by Gasteiger charge is 2.25. The Morgan fingerprint density at radius 1 is 1.29 bits per heavy atom. The molecule has 2 N–H and O–H groups in total. The summed E-state index contributed by atoms with van der Waals surface area (Å²) in [4.78, 5) is 0.301. The van der Waals surface area contributed by atoms with Gasteiger partial charge in [-0.3, -0.25) is 0 Å². The van der Waals surface area contributed by atoms with Crippen LogP contribution in [0.1, 0.15) is 31.2 Å². The lowest BCUT2D eigenvalue weighted by atomic mass is 10.1. The highest BCUT2D eigenvalue weighted by Crippen LogP contribution is 2.29. The van der Waals surface area contributed by atoms with E-state index in [1.807, 2.05) is 6.92 Å². The van der Waals surface area contributed by atoms with Gasteiger partial charge in [0.05, 0.1) is 16.3 Å². The molecule has 0 heterocycles. The third-order valence-corrected chi connectivity index (χ3v) is 5.38. The molecular formula is C13H19NO2S. The molecule has 3 nitrogen and oxygen atoms in total. The van der Waals surface area contributed by atoms with Crippen LogP contribution in [0.25, 0.3) is 0 Å². The maximum atomic E-state index is 12.2. The van der Waals surface area contributed by atoms with Crippen molar-refractivity contribution in [2.75, 3.05) is 11.5 Å². The smallest absolute Gasteiger partial charge is 0.180 e.